The van der Waals surface area contributed by atoms with Crippen molar-refractivity contribution in [2.45, 2.75) is 18.9 Å². The SMILES string of the molecule is O=C1CCC(NC(=O)c2cc(Br)ccc2F)CN1. The summed E-state index contributed by atoms with van der Waals surface area (Å²) in [5, 5.41) is 5.37. The lowest BCUT2D eigenvalue weighted by Gasteiger charge is -2.23. The van der Waals surface area contributed by atoms with Crippen LogP contribution in [0.5, 0.6) is 0 Å². The predicted octanol–water partition coefficient (Wildman–Crippen LogP) is 1.60. The number of carbonyl (C=O) groups is 2. The van der Waals surface area contributed by atoms with Gasteiger partial charge in [-0.1, -0.05) is 15.9 Å². The zero-order valence-corrected chi connectivity index (χ0v) is 11.1. The standard InChI is InChI=1S/C12H12BrFN2O2/c13-7-1-3-10(14)9(5-7)12(18)16-8-2-4-11(17)15-6-8/h1,3,5,8H,2,4,6H2,(H,15,17)(H,16,18). The maximum Gasteiger partial charge on any atom is 0.254 e. The molecule has 1 aromatic carbocycles. The van der Waals surface area contributed by atoms with Gasteiger partial charge in [-0.15, -0.1) is 0 Å². The molecule has 1 saturated heterocycles. The smallest absolute Gasteiger partial charge is 0.254 e. The molecule has 1 atom stereocenters. The first kappa shape index (κ1) is 13.0. The fraction of sp³-hybridized carbons (Fsp3) is 0.333. The van der Waals surface area contributed by atoms with Gasteiger partial charge >= 0.3 is 0 Å². The van der Waals surface area contributed by atoms with E-state index in [1.165, 1.54) is 18.2 Å². The number of amides is 2. The Morgan fingerprint density at radius 1 is 1.50 bits per heavy atom. The van der Waals surface area contributed by atoms with Crippen LogP contribution < -0.4 is 10.6 Å². The van der Waals surface area contributed by atoms with E-state index in [9.17, 15) is 14.0 Å². The van der Waals surface area contributed by atoms with Crippen LogP contribution in [0.3, 0.4) is 0 Å². The summed E-state index contributed by atoms with van der Waals surface area (Å²) in [4.78, 5) is 22.9. The highest BCUT2D eigenvalue weighted by Crippen LogP contribution is 2.16. The van der Waals surface area contributed by atoms with Crippen molar-refractivity contribution in [1.82, 2.24) is 10.6 Å². The zero-order chi connectivity index (χ0) is 13.1. The minimum Gasteiger partial charge on any atom is -0.354 e. The van der Waals surface area contributed by atoms with Gasteiger partial charge in [0.25, 0.3) is 5.91 Å². The van der Waals surface area contributed by atoms with E-state index in [2.05, 4.69) is 26.6 Å². The van der Waals surface area contributed by atoms with Crippen molar-refractivity contribution in [2.24, 2.45) is 0 Å². The van der Waals surface area contributed by atoms with Gasteiger partial charge < -0.3 is 10.6 Å². The Morgan fingerprint density at radius 2 is 2.28 bits per heavy atom. The molecule has 4 nitrogen and oxygen atoms in total. The third kappa shape index (κ3) is 3.07. The van der Waals surface area contributed by atoms with E-state index in [1.54, 1.807) is 0 Å². The molecule has 0 aliphatic carbocycles. The molecule has 2 N–H and O–H groups in total. The van der Waals surface area contributed by atoms with E-state index in [0.717, 1.165) is 0 Å². The van der Waals surface area contributed by atoms with Crippen molar-refractivity contribution in [3.05, 3.63) is 34.1 Å². The Kier molecular flexibility index (Phi) is 3.96. The van der Waals surface area contributed by atoms with Crippen LogP contribution in [0.25, 0.3) is 0 Å². The molecule has 6 heteroatoms. The second-order valence-corrected chi connectivity index (χ2v) is 5.05. The number of carbonyl (C=O) groups excluding carboxylic acids is 2. The third-order valence-corrected chi connectivity index (χ3v) is 3.27. The van der Waals surface area contributed by atoms with Crippen LogP contribution in [0.15, 0.2) is 22.7 Å². The highest BCUT2D eigenvalue weighted by molar-refractivity contribution is 9.10. The lowest BCUT2D eigenvalue weighted by molar-refractivity contribution is -0.122. The largest absolute Gasteiger partial charge is 0.354 e. The second-order valence-electron chi connectivity index (χ2n) is 4.14. The first-order chi connectivity index (χ1) is 8.56. The summed E-state index contributed by atoms with van der Waals surface area (Å²) in [6, 6.07) is 4.06. The first-order valence-electron chi connectivity index (χ1n) is 5.59. The van der Waals surface area contributed by atoms with Gasteiger partial charge in [-0.25, -0.2) is 4.39 Å². The lowest BCUT2D eigenvalue weighted by Crippen LogP contribution is -2.47. The molecule has 96 valence electrons. The molecule has 1 aromatic rings. The zero-order valence-electron chi connectivity index (χ0n) is 9.50. The van der Waals surface area contributed by atoms with Crippen LogP contribution >= 0.6 is 15.9 Å². The monoisotopic (exact) mass is 314 g/mol. The minimum atomic E-state index is -0.560. The number of piperidine rings is 1. The Hall–Kier alpha value is -1.43. The molecule has 18 heavy (non-hydrogen) atoms. The van der Waals surface area contributed by atoms with Crippen molar-refractivity contribution in [1.29, 1.82) is 0 Å². The molecule has 2 rings (SSSR count). The molecule has 0 radical (unpaired) electrons. The van der Waals surface area contributed by atoms with Gasteiger partial charge in [-0.3, -0.25) is 9.59 Å². The van der Waals surface area contributed by atoms with Crippen LogP contribution in [0.2, 0.25) is 0 Å². The van der Waals surface area contributed by atoms with E-state index in [0.29, 0.717) is 23.9 Å². The van der Waals surface area contributed by atoms with Crippen LogP contribution in [-0.4, -0.2) is 24.4 Å². The van der Waals surface area contributed by atoms with Crippen LogP contribution in [0.4, 0.5) is 4.39 Å². The molecule has 0 saturated carbocycles. The third-order valence-electron chi connectivity index (χ3n) is 2.77. The molecular formula is C12H12BrFN2O2. The molecule has 0 spiro atoms. The average molecular weight is 315 g/mol. The van der Waals surface area contributed by atoms with Crippen molar-refractivity contribution < 1.29 is 14.0 Å². The Morgan fingerprint density at radius 3 is 2.94 bits per heavy atom. The molecule has 1 unspecified atom stereocenters. The van der Waals surface area contributed by atoms with E-state index in [1.807, 2.05) is 0 Å². The first-order valence-corrected chi connectivity index (χ1v) is 6.38. The topological polar surface area (TPSA) is 58.2 Å². The normalized spacial score (nSPS) is 19.2. The fourth-order valence-corrected chi connectivity index (χ4v) is 2.15. The summed E-state index contributed by atoms with van der Waals surface area (Å²) in [5.74, 6) is -1.04. The maximum absolute atomic E-state index is 13.5. The van der Waals surface area contributed by atoms with Gasteiger partial charge in [-0.2, -0.15) is 0 Å². The summed E-state index contributed by atoms with van der Waals surface area (Å²) in [7, 11) is 0. The van der Waals surface area contributed by atoms with Gasteiger partial charge in [0.1, 0.15) is 5.82 Å². The Labute approximate surface area is 112 Å². The Balaban J connectivity index is 2.03. The number of hydrogen-bond donors (Lipinski definition) is 2. The van der Waals surface area contributed by atoms with E-state index < -0.39 is 11.7 Å². The number of benzene rings is 1. The van der Waals surface area contributed by atoms with Crippen molar-refractivity contribution >= 4 is 27.7 Å². The quantitative estimate of drug-likeness (QED) is 0.871. The van der Waals surface area contributed by atoms with Gasteiger partial charge in [0.2, 0.25) is 5.91 Å². The molecule has 1 aliphatic heterocycles. The van der Waals surface area contributed by atoms with E-state index in [-0.39, 0.29) is 17.5 Å². The molecular weight excluding hydrogens is 303 g/mol. The van der Waals surface area contributed by atoms with Gasteiger partial charge in [0.15, 0.2) is 0 Å². The number of nitrogens with one attached hydrogen (secondary N) is 2. The lowest BCUT2D eigenvalue weighted by atomic mass is 10.1. The van der Waals surface area contributed by atoms with Crippen LogP contribution in [-0.2, 0) is 4.79 Å². The Bertz CT molecular complexity index is 483. The molecule has 0 aromatic heterocycles. The highest BCUT2D eigenvalue weighted by Gasteiger charge is 2.21. The summed E-state index contributed by atoms with van der Waals surface area (Å²) in [6.45, 7) is 0.389. The van der Waals surface area contributed by atoms with Crippen LogP contribution in [0.1, 0.15) is 23.2 Å². The van der Waals surface area contributed by atoms with Crippen molar-refractivity contribution in [3.63, 3.8) is 0 Å². The molecule has 1 fully saturated rings. The van der Waals surface area contributed by atoms with E-state index in [4.69, 9.17) is 0 Å². The van der Waals surface area contributed by atoms with Crippen molar-refractivity contribution in [3.8, 4) is 0 Å². The summed E-state index contributed by atoms with van der Waals surface area (Å²) in [5.41, 5.74) is 0.00118. The second kappa shape index (κ2) is 5.48. The molecule has 1 heterocycles. The summed E-state index contributed by atoms with van der Waals surface area (Å²) in [6.07, 6.45) is 0.957. The minimum absolute atomic E-state index is 0.00118. The highest BCUT2D eigenvalue weighted by atomic mass is 79.9. The van der Waals surface area contributed by atoms with Crippen LogP contribution in [0, 0.1) is 5.82 Å². The molecule has 2 amide bonds. The van der Waals surface area contributed by atoms with Gasteiger partial charge in [-0.05, 0) is 24.6 Å². The fourth-order valence-electron chi connectivity index (χ4n) is 1.79. The summed E-state index contributed by atoms with van der Waals surface area (Å²) >= 11 is 3.19. The molecule has 1 aliphatic rings. The number of halogens is 2. The van der Waals surface area contributed by atoms with Crippen molar-refractivity contribution in [2.75, 3.05) is 6.54 Å². The number of hydrogen-bond acceptors (Lipinski definition) is 2. The molecule has 0 bridgehead atoms. The van der Waals surface area contributed by atoms with E-state index >= 15 is 0 Å². The number of rotatable bonds is 2. The summed E-state index contributed by atoms with van der Waals surface area (Å²) < 4.78 is 14.1. The van der Waals surface area contributed by atoms with Gasteiger partial charge in [0.05, 0.1) is 5.56 Å². The predicted molar refractivity (Wildman–Crippen MR) is 67.6 cm³/mol. The van der Waals surface area contributed by atoms with Gasteiger partial charge in [0, 0.05) is 23.5 Å². The maximum atomic E-state index is 13.5. The average Bonchev–Trinajstić information content (AvgIpc) is 2.35.